The van der Waals surface area contributed by atoms with Gasteiger partial charge in [-0.05, 0) is 36.1 Å². The summed E-state index contributed by atoms with van der Waals surface area (Å²) in [5.41, 5.74) is 1.95. The van der Waals surface area contributed by atoms with Crippen LogP contribution in [0, 0.1) is 0 Å². The Balaban J connectivity index is 1.87. The van der Waals surface area contributed by atoms with Crippen molar-refractivity contribution in [3.63, 3.8) is 0 Å². The third-order valence-corrected chi connectivity index (χ3v) is 4.85. The van der Waals surface area contributed by atoms with E-state index in [1.807, 2.05) is 42.5 Å². The zero-order chi connectivity index (χ0) is 14.7. The Labute approximate surface area is 131 Å². The molecule has 3 rings (SSSR count). The van der Waals surface area contributed by atoms with Crippen LogP contribution < -0.4 is 0 Å². The molecule has 1 saturated carbocycles. The van der Waals surface area contributed by atoms with E-state index in [0.29, 0.717) is 17.2 Å². The van der Waals surface area contributed by atoms with Crippen LogP contribution in [0.5, 0.6) is 0 Å². The van der Waals surface area contributed by atoms with Crippen molar-refractivity contribution in [1.29, 1.82) is 0 Å². The molecule has 1 aliphatic rings. The zero-order valence-electron chi connectivity index (χ0n) is 12.0. The Morgan fingerprint density at radius 1 is 0.952 bits per heavy atom. The molecular weight excluding hydrogens is 280 g/mol. The van der Waals surface area contributed by atoms with E-state index in [0.717, 1.165) is 31.2 Å². The molecule has 0 bridgehead atoms. The van der Waals surface area contributed by atoms with Crippen molar-refractivity contribution < 1.29 is 4.79 Å². The van der Waals surface area contributed by atoms with Crippen LogP contribution in [0.2, 0.25) is 5.02 Å². The molecule has 108 valence electrons. The van der Waals surface area contributed by atoms with E-state index in [1.165, 1.54) is 5.56 Å². The Morgan fingerprint density at radius 2 is 1.57 bits per heavy atom. The summed E-state index contributed by atoms with van der Waals surface area (Å²) in [7, 11) is 0. The molecule has 2 aromatic rings. The SMILES string of the molecule is O=C(Cc1ccc(Cl)cc1)C1(c2ccccc2)CCCC1. The third kappa shape index (κ3) is 2.89. The van der Waals surface area contributed by atoms with Gasteiger partial charge in [-0.15, -0.1) is 0 Å². The summed E-state index contributed by atoms with van der Waals surface area (Å²) < 4.78 is 0. The number of carbonyl (C=O) groups is 1. The van der Waals surface area contributed by atoms with E-state index in [4.69, 9.17) is 11.6 Å². The number of benzene rings is 2. The van der Waals surface area contributed by atoms with Gasteiger partial charge < -0.3 is 0 Å². The standard InChI is InChI=1S/C19H19ClO/c20-17-10-8-15(9-11-17)14-18(21)19(12-4-5-13-19)16-6-2-1-3-7-16/h1-3,6-11H,4-5,12-14H2. The van der Waals surface area contributed by atoms with Crippen molar-refractivity contribution in [2.45, 2.75) is 37.5 Å². The summed E-state index contributed by atoms with van der Waals surface area (Å²) >= 11 is 5.91. The Hall–Kier alpha value is -1.60. The maximum absolute atomic E-state index is 13.0. The van der Waals surface area contributed by atoms with Crippen LogP contribution in [0.25, 0.3) is 0 Å². The van der Waals surface area contributed by atoms with Crippen LogP contribution in [-0.4, -0.2) is 5.78 Å². The fraction of sp³-hybridized carbons (Fsp3) is 0.316. The minimum absolute atomic E-state index is 0.277. The summed E-state index contributed by atoms with van der Waals surface area (Å²) in [5.74, 6) is 0.341. The van der Waals surface area contributed by atoms with Crippen molar-refractivity contribution >= 4 is 17.4 Å². The highest BCUT2D eigenvalue weighted by molar-refractivity contribution is 6.30. The number of halogens is 1. The number of ketones is 1. The largest absolute Gasteiger partial charge is 0.298 e. The van der Waals surface area contributed by atoms with Gasteiger partial charge in [-0.1, -0.05) is 66.9 Å². The first kappa shape index (κ1) is 14.3. The fourth-order valence-electron chi connectivity index (χ4n) is 3.42. The van der Waals surface area contributed by atoms with Gasteiger partial charge in [0, 0.05) is 11.4 Å². The smallest absolute Gasteiger partial charge is 0.147 e. The summed E-state index contributed by atoms with van der Waals surface area (Å²) in [6, 6.07) is 17.9. The molecule has 1 aliphatic carbocycles. The molecule has 1 fully saturated rings. The van der Waals surface area contributed by atoms with Crippen molar-refractivity contribution in [3.05, 3.63) is 70.7 Å². The first-order chi connectivity index (χ1) is 10.2. The van der Waals surface area contributed by atoms with E-state index in [1.54, 1.807) is 0 Å². The molecule has 2 aromatic carbocycles. The minimum Gasteiger partial charge on any atom is -0.298 e. The molecule has 0 N–H and O–H groups in total. The molecular formula is C19H19ClO. The quantitative estimate of drug-likeness (QED) is 0.779. The number of carbonyl (C=O) groups excluding carboxylic acids is 1. The topological polar surface area (TPSA) is 17.1 Å². The highest BCUT2D eigenvalue weighted by atomic mass is 35.5. The fourth-order valence-corrected chi connectivity index (χ4v) is 3.55. The lowest BCUT2D eigenvalue weighted by Crippen LogP contribution is -2.34. The number of hydrogen-bond donors (Lipinski definition) is 0. The van der Waals surface area contributed by atoms with Gasteiger partial charge in [-0.3, -0.25) is 4.79 Å². The molecule has 0 saturated heterocycles. The summed E-state index contributed by atoms with van der Waals surface area (Å²) in [6.45, 7) is 0. The Kier molecular flexibility index (Phi) is 4.12. The van der Waals surface area contributed by atoms with Gasteiger partial charge in [0.05, 0.1) is 5.41 Å². The average Bonchev–Trinajstić information content (AvgIpc) is 3.01. The molecule has 0 spiro atoms. The molecule has 1 nitrogen and oxygen atoms in total. The van der Waals surface area contributed by atoms with E-state index in [9.17, 15) is 4.79 Å². The van der Waals surface area contributed by atoms with Crippen LogP contribution in [0.15, 0.2) is 54.6 Å². The van der Waals surface area contributed by atoms with Crippen molar-refractivity contribution in [3.8, 4) is 0 Å². The van der Waals surface area contributed by atoms with Crippen LogP contribution in [-0.2, 0) is 16.6 Å². The van der Waals surface area contributed by atoms with E-state index >= 15 is 0 Å². The summed E-state index contributed by atoms with van der Waals surface area (Å²) in [5, 5.41) is 0.713. The normalized spacial score (nSPS) is 16.8. The Bertz CT molecular complexity index is 610. The molecule has 0 heterocycles. The highest BCUT2D eigenvalue weighted by Crippen LogP contribution is 2.42. The number of hydrogen-bond acceptors (Lipinski definition) is 1. The lowest BCUT2D eigenvalue weighted by atomic mass is 9.73. The van der Waals surface area contributed by atoms with E-state index in [2.05, 4.69) is 12.1 Å². The minimum atomic E-state index is -0.277. The molecule has 0 amide bonds. The van der Waals surface area contributed by atoms with Crippen molar-refractivity contribution in [2.24, 2.45) is 0 Å². The van der Waals surface area contributed by atoms with Crippen LogP contribution >= 0.6 is 11.6 Å². The van der Waals surface area contributed by atoms with Crippen LogP contribution in [0.3, 0.4) is 0 Å². The highest BCUT2D eigenvalue weighted by Gasteiger charge is 2.41. The maximum atomic E-state index is 13.0. The number of rotatable bonds is 4. The zero-order valence-corrected chi connectivity index (χ0v) is 12.8. The second-order valence-electron chi connectivity index (χ2n) is 5.88. The first-order valence-corrected chi connectivity index (χ1v) is 7.92. The third-order valence-electron chi connectivity index (χ3n) is 4.60. The monoisotopic (exact) mass is 298 g/mol. The predicted molar refractivity (Wildman–Crippen MR) is 86.8 cm³/mol. The maximum Gasteiger partial charge on any atom is 0.147 e. The molecule has 0 radical (unpaired) electrons. The number of Topliss-reactive ketones (excluding diaryl/α,β-unsaturated/α-hetero) is 1. The molecule has 2 heteroatoms. The molecule has 21 heavy (non-hydrogen) atoms. The van der Waals surface area contributed by atoms with Gasteiger partial charge in [0.15, 0.2) is 0 Å². The van der Waals surface area contributed by atoms with Crippen LogP contribution in [0.4, 0.5) is 0 Å². The van der Waals surface area contributed by atoms with Crippen LogP contribution in [0.1, 0.15) is 36.8 Å². The molecule has 0 aromatic heterocycles. The van der Waals surface area contributed by atoms with E-state index < -0.39 is 0 Å². The van der Waals surface area contributed by atoms with Gasteiger partial charge in [0.25, 0.3) is 0 Å². The van der Waals surface area contributed by atoms with Crippen molar-refractivity contribution in [1.82, 2.24) is 0 Å². The predicted octanol–water partition coefficient (Wildman–Crippen LogP) is 4.96. The average molecular weight is 299 g/mol. The second kappa shape index (κ2) is 6.03. The molecule has 0 aliphatic heterocycles. The lowest BCUT2D eigenvalue weighted by molar-refractivity contribution is -0.123. The van der Waals surface area contributed by atoms with Crippen molar-refractivity contribution in [2.75, 3.05) is 0 Å². The first-order valence-electron chi connectivity index (χ1n) is 7.54. The molecule has 0 atom stereocenters. The van der Waals surface area contributed by atoms with Gasteiger partial charge in [-0.25, -0.2) is 0 Å². The summed E-state index contributed by atoms with van der Waals surface area (Å²) in [4.78, 5) is 13.0. The molecule has 0 unspecified atom stereocenters. The van der Waals surface area contributed by atoms with Gasteiger partial charge >= 0.3 is 0 Å². The van der Waals surface area contributed by atoms with Gasteiger partial charge in [0.2, 0.25) is 0 Å². The van der Waals surface area contributed by atoms with Gasteiger partial charge in [-0.2, -0.15) is 0 Å². The lowest BCUT2D eigenvalue weighted by Gasteiger charge is -2.28. The summed E-state index contributed by atoms with van der Waals surface area (Å²) in [6.07, 6.45) is 4.72. The van der Waals surface area contributed by atoms with Gasteiger partial charge in [0.1, 0.15) is 5.78 Å². The second-order valence-corrected chi connectivity index (χ2v) is 6.32. The van der Waals surface area contributed by atoms with E-state index in [-0.39, 0.29) is 5.41 Å². The Morgan fingerprint density at radius 3 is 2.19 bits per heavy atom.